The van der Waals surface area contributed by atoms with Crippen LogP contribution in [0.4, 0.5) is 0 Å². The van der Waals surface area contributed by atoms with Gasteiger partial charge in [-0.3, -0.25) is 9.59 Å². The van der Waals surface area contributed by atoms with Crippen LogP contribution < -0.4 is 16.8 Å². The summed E-state index contributed by atoms with van der Waals surface area (Å²) >= 11 is 0. The molecule has 1 atom stereocenters. The van der Waals surface area contributed by atoms with E-state index in [1.807, 2.05) is 19.1 Å². The zero-order valence-electron chi connectivity index (χ0n) is 10.9. The average Bonchev–Trinajstić information content (AvgIpc) is 2.28. The molecular weight excluding hydrogens is 230 g/mol. The van der Waals surface area contributed by atoms with Gasteiger partial charge in [0.15, 0.2) is 0 Å². The van der Waals surface area contributed by atoms with Crippen molar-refractivity contribution in [3.8, 4) is 0 Å². The lowest BCUT2D eigenvalue weighted by Gasteiger charge is -2.24. The summed E-state index contributed by atoms with van der Waals surface area (Å²) in [6, 6.07) is 6.51. The van der Waals surface area contributed by atoms with Crippen molar-refractivity contribution in [1.29, 1.82) is 0 Å². The molecule has 5 heteroatoms. The molecule has 0 saturated carbocycles. The first-order valence-electron chi connectivity index (χ1n) is 5.68. The minimum absolute atomic E-state index is 0.428. The summed E-state index contributed by atoms with van der Waals surface area (Å²) in [6.45, 7) is 5.02. The maximum atomic E-state index is 11.9. The summed E-state index contributed by atoms with van der Waals surface area (Å²) in [5.41, 5.74) is 11.7. The van der Waals surface area contributed by atoms with Crippen molar-refractivity contribution in [3.05, 3.63) is 35.4 Å². The Hall–Kier alpha value is -1.88. The lowest BCUT2D eigenvalue weighted by atomic mass is 10.0. The van der Waals surface area contributed by atoms with Crippen LogP contribution >= 0.6 is 0 Å². The molecule has 0 bridgehead atoms. The molecule has 1 rings (SSSR count). The summed E-state index contributed by atoms with van der Waals surface area (Å²) in [7, 11) is 0. The maximum absolute atomic E-state index is 11.9. The van der Waals surface area contributed by atoms with E-state index in [0.717, 1.165) is 5.56 Å². The van der Waals surface area contributed by atoms with Crippen molar-refractivity contribution in [3.63, 3.8) is 0 Å². The predicted molar refractivity (Wildman–Crippen MR) is 69.5 cm³/mol. The fourth-order valence-electron chi connectivity index (χ4n) is 1.37. The molecule has 0 radical (unpaired) electrons. The van der Waals surface area contributed by atoms with Crippen LogP contribution in [0.2, 0.25) is 0 Å². The Bertz CT molecular complexity index is 452. The maximum Gasteiger partial charge on any atom is 0.242 e. The average molecular weight is 249 g/mol. The van der Waals surface area contributed by atoms with Gasteiger partial charge in [-0.25, -0.2) is 0 Å². The third kappa shape index (κ3) is 3.30. The second-order valence-electron chi connectivity index (χ2n) is 4.87. The van der Waals surface area contributed by atoms with E-state index < -0.39 is 23.4 Å². The summed E-state index contributed by atoms with van der Waals surface area (Å²) in [5, 5.41) is 2.53. The highest BCUT2D eigenvalue weighted by Crippen LogP contribution is 2.13. The fourth-order valence-corrected chi connectivity index (χ4v) is 1.37. The summed E-state index contributed by atoms with van der Waals surface area (Å²) in [5.74, 6) is -1.03. The van der Waals surface area contributed by atoms with Crippen LogP contribution in [0, 0.1) is 6.92 Å². The van der Waals surface area contributed by atoms with Crippen molar-refractivity contribution in [2.24, 2.45) is 11.5 Å². The number of hydrogen-bond acceptors (Lipinski definition) is 3. The number of primary amides is 1. The topological polar surface area (TPSA) is 98.2 Å². The van der Waals surface area contributed by atoms with Gasteiger partial charge in [0.1, 0.15) is 11.6 Å². The number of benzene rings is 1. The quantitative estimate of drug-likeness (QED) is 0.719. The summed E-state index contributed by atoms with van der Waals surface area (Å²) in [4.78, 5) is 23.0. The minimum atomic E-state index is -1.11. The van der Waals surface area contributed by atoms with Gasteiger partial charge in [-0.2, -0.15) is 0 Å². The van der Waals surface area contributed by atoms with Gasteiger partial charge in [-0.05, 0) is 26.3 Å². The predicted octanol–water partition coefficient (Wildman–Crippen LogP) is 0.375. The highest BCUT2D eigenvalue weighted by molar-refractivity contribution is 5.91. The Morgan fingerprint density at radius 3 is 2.17 bits per heavy atom. The largest absolute Gasteiger partial charge is 0.368 e. The second kappa shape index (κ2) is 5.18. The van der Waals surface area contributed by atoms with E-state index in [4.69, 9.17) is 11.5 Å². The van der Waals surface area contributed by atoms with Crippen LogP contribution in [0.25, 0.3) is 0 Å². The van der Waals surface area contributed by atoms with Gasteiger partial charge in [-0.15, -0.1) is 0 Å². The highest BCUT2D eigenvalue weighted by Gasteiger charge is 2.29. The third-order valence-corrected chi connectivity index (χ3v) is 2.77. The van der Waals surface area contributed by atoms with Crippen LogP contribution in [0.5, 0.6) is 0 Å². The molecule has 0 aliphatic rings. The summed E-state index contributed by atoms with van der Waals surface area (Å²) in [6.07, 6.45) is 0. The SMILES string of the molecule is Cc1ccc(C(N)C(=O)NC(C)(C)C(N)=O)cc1. The van der Waals surface area contributed by atoms with E-state index in [0.29, 0.717) is 5.56 Å². The molecule has 0 aliphatic heterocycles. The van der Waals surface area contributed by atoms with E-state index in [-0.39, 0.29) is 0 Å². The first-order chi connectivity index (χ1) is 8.24. The molecule has 1 aromatic carbocycles. The number of nitrogens with two attached hydrogens (primary N) is 2. The Labute approximate surface area is 107 Å². The van der Waals surface area contributed by atoms with E-state index >= 15 is 0 Å². The molecule has 2 amide bonds. The first-order valence-corrected chi connectivity index (χ1v) is 5.68. The van der Waals surface area contributed by atoms with Crippen molar-refractivity contribution < 1.29 is 9.59 Å². The van der Waals surface area contributed by atoms with Gasteiger partial charge < -0.3 is 16.8 Å². The number of amides is 2. The van der Waals surface area contributed by atoms with E-state index in [1.54, 1.807) is 12.1 Å². The van der Waals surface area contributed by atoms with Crippen molar-refractivity contribution >= 4 is 11.8 Å². The smallest absolute Gasteiger partial charge is 0.242 e. The molecule has 1 aromatic rings. The van der Waals surface area contributed by atoms with Gasteiger partial charge >= 0.3 is 0 Å². The van der Waals surface area contributed by atoms with Crippen molar-refractivity contribution in [1.82, 2.24) is 5.32 Å². The molecule has 0 aliphatic carbocycles. The molecule has 18 heavy (non-hydrogen) atoms. The van der Waals surface area contributed by atoms with Gasteiger partial charge in [0.25, 0.3) is 0 Å². The Morgan fingerprint density at radius 2 is 1.72 bits per heavy atom. The monoisotopic (exact) mass is 249 g/mol. The van der Waals surface area contributed by atoms with Gasteiger partial charge in [0.05, 0.1) is 0 Å². The van der Waals surface area contributed by atoms with Crippen molar-refractivity contribution in [2.45, 2.75) is 32.4 Å². The number of hydrogen-bond donors (Lipinski definition) is 3. The molecule has 98 valence electrons. The molecule has 1 unspecified atom stereocenters. The first kappa shape index (κ1) is 14.2. The molecule has 5 nitrogen and oxygen atoms in total. The normalized spacial score (nSPS) is 12.9. The lowest BCUT2D eigenvalue weighted by Crippen LogP contribution is -2.55. The number of carbonyl (C=O) groups excluding carboxylic acids is 2. The zero-order valence-corrected chi connectivity index (χ0v) is 10.9. The minimum Gasteiger partial charge on any atom is -0.368 e. The number of aryl methyl sites for hydroxylation is 1. The highest BCUT2D eigenvalue weighted by atomic mass is 16.2. The lowest BCUT2D eigenvalue weighted by molar-refractivity contribution is -0.131. The number of carbonyl (C=O) groups is 2. The molecule has 5 N–H and O–H groups in total. The van der Waals surface area contributed by atoms with Crippen LogP contribution in [0.15, 0.2) is 24.3 Å². The molecular formula is C13H19N3O2. The second-order valence-corrected chi connectivity index (χ2v) is 4.87. The Kier molecular flexibility index (Phi) is 4.08. The van der Waals surface area contributed by atoms with Gasteiger partial charge in [-0.1, -0.05) is 29.8 Å². The van der Waals surface area contributed by atoms with Crippen LogP contribution in [0.3, 0.4) is 0 Å². The molecule has 0 aromatic heterocycles. The molecule has 0 saturated heterocycles. The standard InChI is InChI=1S/C13H19N3O2/c1-8-4-6-9(7-5-8)10(14)11(17)16-13(2,3)12(15)18/h4-7,10H,14H2,1-3H3,(H2,15,18)(H,16,17). The van der Waals surface area contributed by atoms with E-state index in [2.05, 4.69) is 5.32 Å². The van der Waals surface area contributed by atoms with Crippen LogP contribution in [0.1, 0.15) is 31.0 Å². The molecule has 0 fully saturated rings. The van der Waals surface area contributed by atoms with E-state index in [9.17, 15) is 9.59 Å². The molecule has 0 heterocycles. The molecule has 0 spiro atoms. The number of nitrogens with one attached hydrogen (secondary N) is 1. The zero-order chi connectivity index (χ0) is 13.9. The van der Waals surface area contributed by atoms with Gasteiger partial charge in [0, 0.05) is 0 Å². The van der Waals surface area contributed by atoms with Gasteiger partial charge in [0.2, 0.25) is 11.8 Å². The summed E-state index contributed by atoms with van der Waals surface area (Å²) < 4.78 is 0. The Morgan fingerprint density at radius 1 is 1.22 bits per heavy atom. The number of rotatable bonds is 4. The third-order valence-electron chi connectivity index (χ3n) is 2.77. The fraction of sp³-hybridized carbons (Fsp3) is 0.385. The van der Waals surface area contributed by atoms with Crippen LogP contribution in [-0.4, -0.2) is 17.4 Å². The van der Waals surface area contributed by atoms with Crippen LogP contribution in [-0.2, 0) is 9.59 Å². The Balaban J connectivity index is 2.79. The van der Waals surface area contributed by atoms with Crippen molar-refractivity contribution in [2.75, 3.05) is 0 Å². The van der Waals surface area contributed by atoms with E-state index in [1.165, 1.54) is 13.8 Å².